The average Bonchev–Trinajstić information content (AvgIpc) is 3.64. The van der Waals surface area contributed by atoms with Gasteiger partial charge >= 0.3 is 0 Å². The van der Waals surface area contributed by atoms with Gasteiger partial charge in [0.25, 0.3) is 5.91 Å². The summed E-state index contributed by atoms with van der Waals surface area (Å²) in [6.07, 6.45) is 9.75. The van der Waals surface area contributed by atoms with E-state index in [9.17, 15) is 9.59 Å². The molecule has 0 spiro atoms. The molecule has 13 heteroatoms. The lowest BCUT2D eigenvalue weighted by Crippen LogP contribution is -2.37. The fourth-order valence-electron chi connectivity index (χ4n) is 4.73. The summed E-state index contributed by atoms with van der Waals surface area (Å²) in [5.41, 5.74) is 6.32. The maximum atomic E-state index is 13.1. The highest BCUT2D eigenvalue weighted by molar-refractivity contribution is 6.03. The van der Waals surface area contributed by atoms with E-state index in [1.165, 1.54) is 5.56 Å². The van der Waals surface area contributed by atoms with Crippen molar-refractivity contribution in [2.75, 3.05) is 23.7 Å². The smallest absolute Gasteiger partial charge is 0.294 e. The van der Waals surface area contributed by atoms with Crippen LogP contribution in [-0.4, -0.2) is 68.9 Å². The molecule has 1 aliphatic rings. The highest BCUT2D eigenvalue weighted by Crippen LogP contribution is 2.22. The van der Waals surface area contributed by atoms with Crippen molar-refractivity contribution >= 4 is 28.8 Å². The summed E-state index contributed by atoms with van der Waals surface area (Å²) in [5.74, 6) is -0.460. The first-order valence-corrected chi connectivity index (χ1v) is 12.5. The second-order valence-corrected chi connectivity index (χ2v) is 9.63. The van der Waals surface area contributed by atoms with Crippen molar-refractivity contribution in [1.29, 1.82) is 0 Å². The SMILES string of the molecule is Cc1ncc(NC(=O)CN2CCc3cnn(C)c3C2)cc1NC(=O)c1nnc2cc(-c3cnn(C)c3)ccn12. The average molecular weight is 526 g/mol. The first-order chi connectivity index (χ1) is 18.8. The topological polar surface area (TPSA) is 140 Å². The monoisotopic (exact) mass is 525 g/mol. The third-order valence-electron chi connectivity index (χ3n) is 6.86. The van der Waals surface area contributed by atoms with Crippen LogP contribution < -0.4 is 10.6 Å². The Labute approximate surface area is 223 Å². The molecule has 0 saturated heterocycles. The number of pyridine rings is 2. The number of hydrogen-bond donors (Lipinski definition) is 2. The van der Waals surface area contributed by atoms with Crippen LogP contribution in [0.2, 0.25) is 0 Å². The minimum Gasteiger partial charge on any atom is -0.324 e. The highest BCUT2D eigenvalue weighted by Gasteiger charge is 2.22. The fraction of sp³-hybridized carbons (Fsp3) is 0.269. The molecule has 0 saturated carbocycles. The summed E-state index contributed by atoms with van der Waals surface area (Å²) in [5, 5.41) is 22.5. The lowest BCUT2D eigenvalue weighted by Gasteiger charge is -2.26. The number of fused-ring (bicyclic) bond motifs is 2. The van der Waals surface area contributed by atoms with Crippen LogP contribution in [0.3, 0.4) is 0 Å². The Balaban J connectivity index is 1.13. The fourth-order valence-corrected chi connectivity index (χ4v) is 4.73. The van der Waals surface area contributed by atoms with Gasteiger partial charge in [0.15, 0.2) is 5.65 Å². The number of amides is 2. The van der Waals surface area contributed by atoms with Gasteiger partial charge in [-0.15, -0.1) is 10.2 Å². The van der Waals surface area contributed by atoms with Crippen molar-refractivity contribution in [2.45, 2.75) is 19.9 Å². The van der Waals surface area contributed by atoms with Crippen LogP contribution >= 0.6 is 0 Å². The van der Waals surface area contributed by atoms with Gasteiger partial charge in [0, 0.05) is 45.1 Å². The van der Waals surface area contributed by atoms with Crippen LogP contribution in [0.4, 0.5) is 11.4 Å². The van der Waals surface area contributed by atoms with Crippen LogP contribution in [0.25, 0.3) is 16.8 Å². The van der Waals surface area contributed by atoms with Gasteiger partial charge in [-0.1, -0.05) is 0 Å². The summed E-state index contributed by atoms with van der Waals surface area (Å²) < 4.78 is 5.20. The summed E-state index contributed by atoms with van der Waals surface area (Å²) in [7, 11) is 3.77. The van der Waals surface area contributed by atoms with Gasteiger partial charge in [-0.2, -0.15) is 10.2 Å². The van der Waals surface area contributed by atoms with Gasteiger partial charge in [0.1, 0.15) is 0 Å². The zero-order valence-electron chi connectivity index (χ0n) is 21.8. The van der Waals surface area contributed by atoms with Crippen molar-refractivity contribution in [3.05, 3.63) is 72.0 Å². The van der Waals surface area contributed by atoms with Gasteiger partial charge in [-0.3, -0.25) is 33.2 Å². The molecular weight excluding hydrogens is 498 g/mol. The third kappa shape index (κ3) is 4.86. The molecule has 0 fully saturated rings. The molecule has 13 nitrogen and oxygen atoms in total. The minimum atomic E-state index is -0.440. The molecule has 0 unspecified atom stereocenters. The summed E-state index contributed by atoms with van der Waals surface area (Å²) >= 11 is 0. The molecule has 0 atom stereocenters. The van der Waals surface area contributed by atoms with Crippen LogP contribution in [0, 0.1) is 6.92 Å². The van der Waals surface area contributed by atoms with E-state index in [1.807, 2.05) is 43.3 Å². The van der Waals surface area contributed by atoms with E-state index in [2.05, 4.69) is 40.9 Å². The quantitative estimate of drug-likeness (QED) is 0.342. The standard InChI is InChI=1S/C26H27N11O2/c1-16-21(9-20(12-27-16)30-24(38)15-36-6-4-18-10-29-35(3)22(18)14-36)31-26(39)25-33-32-23-8-17(5-7-37(23)25)19-11-28-34(2)13-19/h5,7-13H,4,6,14-15H2,1-3H3,(H,30,38)(H,31,39). The first-order valence-electron chi connectivity index (χ1n) is 12.5. The molecule has 5 aromatic rings. The van der Waals surface area contributed by atoms with Crippen molar-refractivity contribution in [2.24, 2.45) is 14.1 Å². The van der Waals surface area contributed by atoms with Crippen LogP contribution in [0.5, 0.6) is 0 Å². The van der Waals surface area contributed by atoms with Crippen LogP contribution in [-0.2, 0) is 31.9 Å². The number of nitrogens with one attached hydrogen (secondary N) is 2. The van der Waals surface area contributed by atoms with Crippen molar-refractivity contribution in [1.82, 2.24) is 44.0 Å². The minimum absolute atomic E-state index is 0.135. The largest absolute Gasteiger partial charge is 0.324 e. The number of aryl methyl sites for hydroxylation is 3. The number of carbonyl (C=O) groups is 2. The van der Waals surface area contributed by atoms with E-state index >= 15 is 0 Å². The number of nitrogens with zero attached hydrogens (tertiary/aromatic N) is 9. The molecule has 39 heavy (non-hydrogen) atoms. The lowest BCUT2D eigenvalue weighted by molar-refractivity contribution is -0.117. The Bertz CT molecular complexity index is 1710. The maximum Gasteiger partial charge on any atom is 0.294 e. The van der Waals surface area contributed by atoms with Crippen molar-refractivity contribution in [3.8, 4) is 11.1 Å². The normalized spacial score (nSPS) is 13.4. The molecule has 6 heterocycles. The van der Waals surface area contributed by atoms with E-state index < -0.39 is 5.91 Å². The van der Waals surface area contributed by atoms with Gasteiger partial charge in [0.05, 0.1) is 47.9 Å². The van der Waals surface area contributed by atoms with Gasteiger partial charge < -0.3 is 10.6 Å². The molecule has 2 N–H and O–H groups in total. The number of aromatic nitrogens is 8. The molecular formula is C26H27N11O2. The molecule has 0 aromatic carbocycles. The molecule has 6 rings (SSSR count). The predicted octanol–water partition coefficient (Wildman–Crippen LogP) is 1.82. The molecule has 0 bridgehead atoms. The van der Waals surface area contributed by atoms with E-state index in [0.717, 1.165) is 29.8 Å². The zero-order valence-corrected chi connectivity index (χ0v) is 21.8. The Hall–Kier alpha value is -4.91. The third-order valence-corrected chi connectivity index (χ3v) is 6.86. The Morgan fingerprint density at radius 1 is 1.03 bits per heavy atom. The highest BCUT2D eigenvalue weighted by atomic mass is 16.2. The van der Waals surface area contributed by atoms with Gasteiger partial charge in [0.2, 0.25) is 11.7 Å². The Morgan fingerprint density at radius 2 is 1.90 bits per heavy atom. The lowest BCUT2D eigenvalue weighted by atomic mass is 10.1. The molecule has 1 aliphatic heterocycles. The predicted molar refractivity (Wildman–Crippen MR) is 143 cm³/mol. The second-order valence-electron chi connectivity index (χ2n) is 9.63. The Kier molecular flexibility index (Phi) is 6.11. The van der Waals surface area contributed by atoms with E-state index in [4.69, 9.17) is 0 Å². The van der Waals surface area contributed by atoms with E-state index in [1.54, 1.807) is 40.7 Å². The number of anilines is 2. The molecule has 2 amide bonds. The van der Waals surface area contributed by atoms with Gasteiger partial charge in [-0.25, -0.2) is 0 Å². The number of hydrogen-bond acceptors (Lipinski definition) is 8. The summed E-state index contributed by atoms with van der Waals surface area (Å²) in [4.78, 5) is 32.3. The number of carbonyl (C=O) groups excluding carboxylic acids is 2. The van der Waals surface area contributed by atoms with Crippen molar-refractivity contribution < 1.29 is 9.59 Å². The Morgan fingerprint density at radius 3 is 2.72 bits per heavy atom. The van der Waals surface area contributed by atoms with Crippen LogP contribution in [0.15, 0.2) is 49.2 Å². The molecule has 5 aromatic heterocycles. The van der Waals surface area contributed by atoms with Gasteiger partial charge in [-0.05, 0) is 42.7 Å². The number of rotatable bonds is 6. The van der Waals surface area contributed by atoms with E-state index in [0.29, 0.717) is 29.3 Å². The molecule has 0 radical (unpaired) electrons. The zero-order chi connectivity index (χ0) is 27.1. The van der Waals surface area contributed by atoms with Crippen molar-refractivity contribution in [3.63, 3.8) is 0 Å². The maximum absolute atomic E-state index is 13.1. The molecule has 0 aliphatic carbocycles. The first kappa shape index (κ1) is 24.4. The van der Waals surface area contributed by atoms with E-state index in [-0.39, 0.29) is 18.3 Å². The summed E-state index contributed by atoms with van der Waals surface area (Å²) in [6, 6.07) is 5.42. The second kappa shape index (κ2) is 9.76. The van der Waals surface area contributed by atoms with Crippen LogP contribution in [0.1, 0.15) is 27.6 Å². The molecule has 198 valence electrons. The summed E-state index contributed by atoms with van der Waals surface area (Å²) in [6.45, 7) is 3.48.